The molecule has 0 aliphatic carbocycles. The molecule has 3 N–H and O–H groups in total. The van der Waals surface area contributed by atoms with Crippen LogP contribution in [0.2, 0.25) is 0 Å². The molecule has 0 rings (SSSR count). The van der Waals surface area contributed by atoms with Crippen LogP contribution >= 0.6 is 0 Å². The fourth-order valence-electron chi connectivity index (χ4n) is 2.81. The van der Waals surface area contributed by atoms with Gasteiger partial charge in [0.2, 0.25) is 5.91 Å². The number of rotatable bonds is 14. The van der Waals surface area contributed by atoms with E-state index >= 15 is 0 Å². The Morgan fingerprint density at radius 2 is 1.38 bits per heavy atom. The van der Waals surface area contributed by atoms with Crippen LogP contribution in [-0.2, 0) is 4.79 Å². The monoisotopic (exact) mass is 298 g/mol. The first-order valence-electron chi connectivity index (χ1n) is 9.09. The molecule has 0 spiro atoms. The minimum atomic E-state index is -0.199. The van der Waals surface area contributed by atoms with Crippen LogP contribution in [-0.4, -0.2) is 19.0 Å². The predicted octanol–water partition coefficient (Wildman–Crippen LogP) is 4.40. The van der Waals surface area contributed by atoms with E-state index < -0.39 is 0 Å². The highest BCUT2D eigenvalue weighted by Gasteiger charge is 2.31. The van der Waals surface area contributed by atoms with E-state index in [1.807, 2.05) is 0 Å². The number of unbranched alkanes of at least 4 members (excludes halogenated alkanes) is 7. The SMILES string of the molecule is CCCCCCCC(C)(CCCCCC)C(=O)NCCN. The van der Waals surface area contributed by atoms with Gasteiger partial charge < -0.3 is 11.1 Å². The van der Waals surface area contributed by atoms with Crippen molar-refractivity contribution in [2.75, 3.05) is 13.1 Å². The van der Waals surface area contributed by atoms with Crippen LogP contribution in [0, 0.1) is 5.41 Å². The van der Waals surface area contributed by atoms with E-state index in [-0.39, 0.29) is 11.3 Å². The van der Waals surface area contributed by atoms with Crippen LogP contribution in [0.3, 0.4) is 0 Å². The highest BCUT2D eigenvalue weighted by Crippen LogP contribution is 2.31. The number of nitrogens with one attached hydrogen (secondary N) is 1. The van der Waals surface area contributed by atoms with Gasteiger partial charge >= 0.3 is 0 Å². The molecule has 3 heteroatoms. The Labute approximate surface area is 132 Å². The van der Waals surface area contributed by atoms with Crippen molar-refractivity contribution in [2.24, 2.45) is 11.1 Å². The van der Waals surface area contributed by atoms with Crippen molar-refractivity contribution in [2.45, 2.75) is 91.4 Å². The summed E-state index contributed by atoms with van der Waals surface area (Å²) in [7, 11) is 0. The molecule has 0 aliphatic heterocycles. The minimum absolute atomic E-state index is 0.199. The number of carbonyl (C=O) groups is 1. The molecule has 0 aliphatic rings. The van der Waals surface area contributed by atoms with Gasteiger partial charge in [-0.2, -0.15) is 0 Å². The summed E-state index contributed by atoms with van der Waals surface area (Å²) in [5.41, 5.74) is 5.30. The van der Waals surface area contributed by atoms with Crippen LogP contribution < -0.4 is 11.1 Å². The lowest BCUT2D eigenvalue weighted by atomic mass is 9.78. The number of nitrogens with two attached hydrogens (primary N) is 1. The average Bonchev–Trinajstić information content (AvgIpc) is 2.49. The molecule has 0 aromatic heterocycles. The van der Waals surface area contributed by atoms with Crippen LogP contribution in [0.1, 0.15) is 91.4 Å². The van der Waals surface area contributed by atoms with Gasteiger partial charge in [0, 0.05) is 18.5 Å². The van der Waals surface area contributed by atoms with Crippen LogP contribution in [0.15, 0.2) is 0 Å². The van der Waals surface area contributed by atoms with E-state index in [0.29, 0.717) is 13.1 Å². The second kappa shape index (κ2) is 13.1. The lowest BCUT2D eigenvalue weighted by molar-refractivity contribution is -0.131. The maximum atomic E-state index is 12.4. The van der Waals surface area contributed by atoms with E-state index in [4.69, 9.17) is 5.73 Å². The second-order valence-corrected chi connectivity index (χ2v) is 6.58. The molecule has 3 nitrogen and oxygen atoms in total. The number of hydrogen-bond acceptors (Lipinski definition) is 2. The van der Waals surface area contributed by atoms with Gasteiger partial charge in [0.25, 0.3) is 0 Å². The zero-order valence-electron chi connectivity index (χ0n) is 14.7. The molecule has 21 heavy (non-hydrogen) atoms. The number of carbonyl (C=O) groups excluding carboxylic acids is 1. The molecule has 126 valence electrons. The lowest BCUT2D eigenvalue weighted by Gasteiger charge is -2.28. The standard InChI is InChI=1S/C18H38N2O/c1-4-6-8-10-12-14-18(3,13-11-9-7-5-2)17(21)20-16-15-19/h4-16,19H2,1-3H3,(H,20,21). The summed E-state index contributed by atoms with van der Waals surface area (Å²) in [5, 5.41) is 3.00. The topological polar surface area (TPSA) is 55.1 Å². The van der Waals surface area contributed by atoms with Crippen molar-refractivity contribution in [3.63, 3.8) is 0 Å². The number of amides is 1. The van der Waals surface area contributed by atoms with Crippen LogP contribution in [0.5, 0.6) is 0 Å². The third kappa shape index (κ3) is 9.89. The Kier molecular flexibility index (Phi) is 12.8. The molecule has 0 radical (unpaired) electrons. The van der Waals surface area contributed by atoms with Crippen molar-refractivity contribution in [3.8, 4) is 0 Å². The van der Waals surface area contributed by atoms with Crippen molar-refractivity contribution < 1.29 is 4.79 Å². The van der Waals surface area contributed by atoms with Crippen LogP contribution in [0.4, 0.5) is 0 Å². The quantitative estimate of drug-likeness (QED) is 0.467. The van der Waals surface area contributed by atoms with E-state index in [2.05, 4.69) is 26.1 Å². The normalized spacial score (nSPS) is 13.9. The van der Waals surface area contributed by atoms with Crippen LogP contribution in [0.25, 0.3) is 0 Å². The summed E-state index contributed by atoms with van der Waals surface area (Å²) in [5.74, 6) is 0.208. The van der Waals surface area contributed by atoms with E-state index in [9.17, 15) is 4.79 Å². The largest absolute Gasteiger partial charge is 0.354 e. The minimum Gasteiger partial charge on any atom is -0.354 e. The molecule has 0 fully saturated rings. The second-order valence-electron chi connectivity index (χ2n) is 6.58. The maximum absolute atomic E-state index is 12.4. The Balaban J connectivity index is 4.26. The Morgan fingerprint density at radius 1 is 0.905 bits per heavy atom. The van der Waals surface area contributed by atoms with Gasteiger partial charge in [-0.15, -0.1) is 0 Å². The van der Waals surface area contributed by atoms with Crippen molar-refractivity contribution >= 4 is 5.91 Å². The summed E-state index contributed by atoms with van der Waals surface area (Å²) >= 11 is 0. The molecule has 1 amide bonds. The third-order valence-electron chi connectivity index (χ3n) is 4.39. The molecule has 0 aromatic carbocycles. The van der Waals surface area contributed by atoms with Crippen molar-refractivity contribution in [3.05, 3.63) is 0 Å². The first kappa shape index (κ1) is 20.4. The molecular formula is C18H38N2O. The molecule has 0 aromatic rings. The van der Waals surface area contributed by atoms with Gasteiger partial charge in [-0.3, -0.25) is 4.79 Å². The highest BCUT2D eigenvalue weighted by molar-refractivity contribution is 5.82. The highest BCUT2D eigenvalue weighted by atomic mass is 16.2. The summed E-state index contributed by atoms with van der Waals surface area (Å²) in [6.45, 7) is 7.72. The molecule has 1 atom stereocenters. The van der Waals surface area contributed by atoms with Gasteiger partial charge in [-0.05, 0) is 12.8 Å². The van der Waals surface area contributed by atoms with E-state index in [0.717, 1.165) is 19.3 Å². The van der Waals surface area contributed by atoms with Gasteiger partial charge in [0.05, 0.1) is 0 Å². The maximum Gasteiger partial charge on any atom is 0.225 e. The molecule has 1 unspecified atom stereocenters. The van der Waals surface area contributed by atoms with Crippen molar-refractivity contribution in [1.29, 1.82) is 0 Å². The summed E-state index contributed by atoms with van der Waals surface area (Å²) in [6, 6.07) is 0. The molecular weight excluding hydrogens is 260 g/mol. The fraction of sp³-hybridized carbons (Fsp3) is 0.944. The van der Waals surface area contributed by atoms with Gasteiger partial charge in [0.1, 0.15) is 0 Å². The predicted molar refractivity (Wildman–Crippen MR) is 92.3 cm³/mol. The van der Waals surface area contributed by atoms with Gasteiger partial charge in [-0.25, -0.2) is 0 Å². The first-order chi connectivity index (χ1) is 10.1. The lowest BCUT2D eigenvalue weighted by Crippen LogP contribution is -2.41. The Bertz CT molecular complexity index is 256. The third-order valence-corrected chi connectivity index (χ3v) is 4.39. The average molecular weight is 299 g/mol. The van der Waals surface area contributed by atoms with Crippen molar-refractivity contribution in [1.82, 2.24) is 5.32 Å². The number of hydrogen-bond donors (Lipinski definition) is 2. The van der Waals surface area contributed by atoms with E-state index in [1.54, 1.807) is 0 Å². The smallest absolute Gasteiger partial charge is 0.225 e. The zero-order chi connectivity index (χ0) is 16.0. The molecule has 0 saturated carbocycles. The van der Waals surface area contributed by atoms with Gasteiger partial charge in [0.15, 0.2) is 0 Å². The van der Waals surface area contributed by atoms with Gasteiger partial charge in [-0.1, -0.05) is 78.6 Å². The molecule has 0 saturated heterocycles. The molecule has 0 heterocycles. The van der Waals surface area contributed by atoms with E-state index in [1.165, 1.54) is 51.4 Å². The Morgan fingerprint density at radius 3 is 1.86 bits per heavy atom. The molecule has 0 bridgehead atoms. The fourth-order valence-corrected chi connectivity index (χ4v) is 2.81. The first-order valence-corrected chi connectivity index (χ1v) is 9.09. The zero-order valence-corrected chi connectivity index (χ0v) is 14.7. The summed E-state index contributed by atoms with van der Waals surface area (Å²) in [6.07, 6.45) is 13.2. The Hall–Kier alpha value is -0.570. The summed E-state index contributed by atoms with van der Waals surface area (Å²) < 4.78 is 0. The summed E-state index contributed by atoms with van der Waals surface area (Å²) in [4.78, 5) is 12.4.